The van der Waals surface area contributed by atoms with Crippen molar-refractivity contribution in [3.8, 4) is 17.2 Å². The summed E-state index contributed by atoms with van der Waals surface area (Å²) >= 11 is 0. The van der Waals surface area contributed by atoms with Crippen molar-refractivity contribution < 1.29 is 22.8 Å². The molecule has 0 bridgehead atoms. The molecular weight excluding hydrogens is 431 g/mol. The van der Waals surface area contributed by atoms with Crippen LogP contribution >= 0.6 is 0 Å². The molecule has 3 aromatic carbocycles. The highest BCUT2D eigenvalue weighted by Crippen LogP contribution is 2.31. The van der Waals surface area contributed by atoms with E-state index in [0.29, 0.717) is 11.1 Å². The van der Waals surface area contributed by atoms with Gasteiger partial charge in [0, 0.05) is 12.2 Å². The number of alkyl halides is 3. The summed E-state index contributed by atoms with van der Waals surface area (Å²) in [6.45, 7) is 1.36. The van der Waals surface area contributed by atoms with Gasteiger partial charge in [-0.2, -0.15) is 18.4 Å². The van der Waals surface area contributed by atoms with E-state index in [9.17, 15) is 22.8 Å². The van der Waals surface area contributed by atoms with Crippen LogP contribution in [0.25, 0.3) is 11.1 Å². The van der Waals surface area contributed by atoms with E-state index in [1.165, 1.54) is 19.1 Å². The molecule has 33 heavy (non-hydrogen) atoms. The lowest BCUT2D eigenvalue weighted by Crippen LogP contribution is -2.34. The summed E-state index contributed by atoms with van der Waals surface area (Å²) in [7, 11) is 0. The van der Waals surface area contributed by atoms with Gasteiger partial charge in [-0.15, -0.1) is 0 Å². The molecule has 0 fully saturated rings. The largest absolute Gasteiger partial charge is 0.416 e. The minimum absolute atomic E-state index is 0.0142. The van der Waals surface area contributed by atoms with E-state index in [0.717, 1.165) is 23.3 Å². The van der Waals surface area contributed by atoms with Crippen molar-refractivity contribution in [2.24, 2.45) is 0 Å². The van der Waals surface area contributed by atoms with Gasteiger partial charge >= 0.3 is 12.2 Å². The number of ketones is 1. The molecule has 0 aliphatic heterocycles. The quantitative estimate of drug-likeness (QED) is 0.502. The van der Waals surface area contributed by atoms with Gasteiger partial charge in [-0.3, -0.25) is 4.79 Å². The molecule has 0 radical (unpaired) electrons. The van der Waals surface area contributed by atoms with Crippen LogP contribution in [0, 0.1) is 11.3 Å². The number of amides is 2. The number of rotatable bonds is 6. The van der Waals surface area contributed by atoms with Crippen molar-refractivity contribution in [1.82, 2.24) is 5.32 Å². The smallest absolute Gasteiger partial charge is 0.337 e. The molecule has 168 valence electrons. The van der Waals surface area contributed by atoms with E-state index in [1.54, 1.807) is 36.4 Å². The molecule has 0 heterocycles. The predicted octanol–water partition coefficient (Wildman–Crippen LogP) is 5.74. The first-order chi connectivity index (χ1) is 15.7. The molecule has 0 saturated heterocycles. The van der Waals surface area contributed by atoms with Gasteiger partial charge in [-0.1, -0.05) is 42.5 Å². The second kappa shape index (κ2) is 10.0. The van der Waals surface area contributed by atoms with Gasteiger partial charge in [0.15, 0.2) is 0 Å². The van der Waals surface area contributed by atoms with Crippen LogP contribution in [0.15, 0.2) is 72.8 Å². The van der Waals surface area contributed by atoms with Crippen molar-refractivity contribution >= 4 is 17.5 Å². The molecule has 3 aromatic rings. The van der Waals surface area contributed by atoms with Gasteiger partial charge < -0.3 is 10.6 Å². The number of carbonyl (C=O) groups is 2. The van der Waals surface area contributed by atoms with E-state index in [4.69, 9.17) is 5.26 Å². The number of hydrogen-bond donors (Lipinski definition) is 2. The van der Waals surface area contributed by atoms with Crippen LogP contribution in [0.2, 0.25) is 0 Å². The number of carbonyl (C=O) groups excluding carboxylic acids is 2. The van der Waals surface area contributed by atoms with Gasteiger partial charge in [0.25, 0.3) is 0 Å². The monoisotopic (exact) mass is 451 g/mol. The Morgan fingerprint density at radius 3 is 2.33 bits per heavy atom. The Labute approximate surface area is 188 Å². The third kappa shape index (κ3) is 5.98. The maximum Gasteiger partial charge on any atom is 0.416 e. The first-order valence-corrected chi connectivity index (χ1v) is 10.0. The van der Waals surface area contributed by atoms with Gasteiger partial charge in [-0.25, -0.2) is 4.79 Å². The number of anilines is 1. The van der Waals surface area contributed by atoms with Crippen LogP contribution in [0.5, 0.6) is 0 Å². The third-order valence-corrected chi connectivity index (χ3v) is 5.07. The second-order valence-corrected chi connectivity index (χ2v) is 7.35. The Hall–Kier alpha value is -4.12. The number of Topliss-reactive ketones (excluding diaryl/α,β-unsaturated/α-hetero) is 1. The Morgan fingerprint density at radius 1 is 1.00 bits per heavy atom. The van der Waals surface area contributed by atoms with Crippen LogP contribution in [-0.4, -0.2) is 18.4 Å². The number of benzene rings is 3. The first-order valence-electron chi connectivity index (χ1n) is 10.0. The molecule has 5 nitrogen and oxygen atoms in total. The highest BCUT2D eigenvalue weighted by atomic mass is 19.4. The normalized spacial score (nSPS) is 11.8. The molecule has 0 spiro atoms. The average molecular weight is 451 g/mol. The molecule has 0 aliphatic rings. The fraction of sp³-hybridized carbons (Fsp3) is 0.160. The molecule has 3 rings (SSSR count). The number of nitriles is 1. The lowest BCUT2D eigenvalue weighted by atomic mass is 9.88. The highest BCUT2D eigenvalue weighted by Gasteiger charge is 2.30. The summed E-state index contributed by atoms with van der Waals surface area (Å²) in [4.78, 5) is 24.7. The topological polar surface area (TPSA) is 82.0 Å². The van der Waals surface area contributed by atoms with Crippen LogP contribution < -0.4 is 10.6 Å². The molecule has 0 saturated carbocycles. The van der Waals surface area contributed by atoms with Crippen LogP contribution in [-0.2, 0) is 11.0 Å². The predicted molar refractivity (Wildman–Crippen MR) is 118 cm³/mol. The fourth-order valence-corrected chi connectivity index (χ4v) is 3.40. The molecular formula is C25H20F3N3O2. The van der Waals surface area contributed by atoms with E-state index < -0.39 is 23.7 Å². The zero-order valence-corrected chi connectivity index (χ0v) is 17.6. The number of hydrogen-bond acceptors (Lipinski definition) is 3. The summed E-state index contributed by atoms with van der Waals surface area (Å²) in [6.07, 6.45) is -4.52. The van der Waals surface area contributed by atoms with Crippen molar-refractivity contribution in [3.05, 3.63) is 89.5 Å². The Kier molecular flexibility index (Phi) is 7.13. The van der Waals surface area contributed by atoms with Crippen molar-refractivity contribution in [1.29, 1.82) is 5.26 Å². The second-order valence-electron chi connectivity index (χ2n) is 7.35. The van der Waals surface area contributed by atoms with E-state index in [1.807, 2.05) is 12.1 Å². The summed E-state index contributed by atoms with van der Waals surface area (Å²) in [6, 6.07) is 19.8. The van der Waals surface area contributed by atoms with Gasteiger partial charge in [0.1, 0.15) is 5.78 Å². The lowest BCUT2D eigenvalue weighted by molar-refractivity contribution is -0.137. The van der Waals surface area contributed by atoms with Crippen molar-refractivity contribution in [2.45, 2.75) is 19.0 Å². The molecule has 0 aliphatic carbocycles. The molecule has 2 amide bonds. The van der Waals surface area contributed by atoms with Gasteiger partial charge in [0.05, 0.1) is 23.1 Å². The Balaban J connectivity index is 1.77. The number of urea groups is 1. The lowest BCUT2D eigenvalue weighted by Gasteiger charge is -2.19. The molecule has 1 atom stereocenters. The minimum atomic E-state index is -4.52. The number of halogens is 3. The van der Waals surface area contributed by atoms with Gasteiger partial charge in [0.2, 0.25) is 0 Å². The maximum absolute atomic E-state index is 12.9. The molecule has 0 aromatic heterocycles. The van der Waals surface area contributed by atoms with Crippen molar-refractivity contribution in [2.75, 3.05) is 11.9 Å². The van der Waals surface area contributed by atoms with E-state index >= 15 is 0 Å². The fourth-order valence-electron chi connectivity index (χ4n) is 3.40. The highest BCUT2D eigenvalue weighted by molar-refractivity contribution is 5.91. The molecule has 2 N–H and O–H groups in total. The van der Waals surface area contributed by atoms with E-state index in [-0.39, 0.29) is 18.0 Å². The Bertz CT molecular complexity index is 1200. The number of nitrogens with zero attached hydrogens (tertiary/aromatic N) is 1. The standard InChI is InChI=1S/C25H20F3N3O2/c1-16(32)23(15-30-24(33)31-20-6-4-5-19(13-20)25(26,27)28)22-8-3-2-7-21(22)18-11-9-17(14-29)10-12-18/h2-13,23H,15H2,1H3,(H2,30,31,33). The van der Waals surface area contributed by atoms with Crippen LogP contribution in [0.3, 0.4) is 0 Å². The summed E-state index contributed by atoms with van der Waals surface area (Å²) < 4.78 is 38.6. The van der Waals surface area contributed by atoms with E-state index in [2.05, 4.69) is 16.7 Å². The van der Waals surface area contributed by atoms with Crippen LogP contribution in [0.1, 0.15) is 29.5 Å². The maximum atomic E-state index is 12.9. The van der Waals surface area contributed by atoms with Crippen molar-refractivity contribution in [3.63, 3.8) is 0 Å². The minimum Gasteiger partial charge on any atom is -0.337 e. The van der Waals surface area contributed by atoms with Crippen LogP contribution in [0.4, 0.5) is 23.7 Å². The average Bonchev–Trinajstić information content (AvgIpc) is 2.79. The first kappa shape index (κ1) is 23.5. The SMILES string of the molecule is CC(=O)C(CNC(=O)Nc1cccc(C(F)(F)F)c1)c1ccccc1-c1ccc(C#N)cc1. The van der Waals surface area contributed by atoms with Gasteiger partial charge in [-0.05, 0) is 53.9 Å². The zero-order valence-electron chi connectivity index (χ0n) is 17.6. The zero-order chi connectivity index (χ0) is 24.0. The summed E-state index contributed by atoms with van der Waals surface area (Å²) in [5, 5.41) is 13.9. The Morgan fingerprint density at radius 2 is 1.70 bits per heavy atom. The number of nitrogens with one attached hydrogen (secondary N) is 2. The molecule has 1 unspecified atom stereocenters. The summed E-state index contributed by atoms with van der Waals surface area (Å²) in [5.74, 6) is -0.862. The molecule has 8 heteroatoms. The third-order valence-electron chi connectivity index (χ3n) is 5.07. The summed E-state index contributed by atoms with van der Waals surface area (Å²) in [5.41, 5.74) is 1.89.